The second kappa shape index (κ2) is 5.24. The van der Waals surface area contributed by atoms with Crippen LogP contribution in [0.5, 0.6) is 17.8 Å². The molecule has 0 spiro atoms. The Balaban J connectivity index is 2.33. The first-order valence-electron chi connectivity index (χ1n) is 4.77. The van der Waals surface area contributed by atoms with Gasteiger partial charge in [-0.05, 0) is 12.1 Å². The van der Waals surface area contributed by atoms with Gasteiger partial charge in [0, 0.05) is 11.1 Å². The van der Waals surface area contributed by atoms with E-state index in [1.807, 2.05) is 0 Å². The molecule has 0 aliphatic rings. The van der Waals surface area contributed by atoms with Gasteiger partial charge in [0.05, 0.1) is 12.1 Å². The van der Waals surface area contributed by atoms with Crippen LogP contribution in [-0.4, -0.2) is 22.1 Å². The molecular formula is C10H8Cl2N4O2. The Morgan fingerprint density at radius 3 is 2.56 bits per heavy atom. The van der Waals surface area contributed by atoms with Gasteiger partial charge >= 0.3 is 12.0 Å². The van der Waals surface area contributed by atoms with Gasteiger partial charge in [0.1, 0.15) is 0 Å². The Hall–Kier alpha value is -1.79. The molecule has 0 fully saturated rings. The van der Waals surface area contributed by atoms with Crippen molar-refractivity contribution in [3.05, 3.63) is 28.2 Å². The standard InChI is InChI=1S/C10H8Cl2N4O2/c1-17-9-14-8(13)15-10(16-9)18-7-4-5(11)2-3-6(7)12/h2-4H,1H3,(H2,13,14,15,16). The number of ether oxygens (including phenoxy) is 2. The van der Waals surface area contributed by atoms with E-state index in [4.69, 9.17) is 38.4 Å². The first-order valence-corrected chi connectivity index (χ1v) is 5.52. The van der Waals surface area contributed by atoms with Crippen LogP contribution in [0.4, 0.5) is 5.95 Å². The van der Waals surface area contributed by atoms with Crippen molar-refractivity contribution in [2.45, 2.75) is 0 Å². The lowest BCUT2D eigenvalue weighted by Gasteiger charge is -2.07. The van der Waals surface area contributed by atoms with Crippen LogP contribution >= 0.6 is 23.2 Å². The third-order valence-corrected chi connectivity index (χ3v) is 2.44. The number of nitrogen functional groups attached to an aromatic ring is 1. The lowest BCUT2D eigenvalue weighted by Crippen LogP contribution is -2.02. The highest BCUT2D eigenvalue weighted by Gasteiger charge is 2.09. The van der Waals surface area contributed by atoms with Gasteiger partial charge in [-0.25, -0.2) is 0 Å². The number of benzene rings is 1. The van der Waals surface area contributed by atoms with E-state index < -0.39 is 0 Å². The van der Waals surface area contributed by atoms with E-state index in [1.54, 1.807) is 12.1 Å². The zero-order valence-electron chi connectivity index (χ0n) is 9.22. The molecular weight excluding hydrogens is 279 g/mol. The summed E-state index contributed by atoms with van der Waals surface area (Å²) >= 11 is 11.8. The molecule has 18 heavy (non-hydrogen) atoms. The van der Waals surface area contributed by atoms with Crippen molar-refractivity contribution in [3.8, 4) is 17.8 Å². The monoisotopic (exact) mass is 286 g/mol. The smallest absolute Gasteiger partial charge is 0.330 e. The average Bonchev–Trinajstić information content (AvgIpc) is 2.33. The number of anilines is 1. The molecule has 8 heteroatoms. The van der Waals surface area contributed by atoms with Crippen LogP contribution in [0.2, 0.25) is 10.0 Å². The topological polar surface area (TPSA) is 83.2 Å². The van der Waals surface area contributed by atoms with Gasteiger partial charge in [0.15, 0.2) is 5.75 Å². The summed E-state index contributed by atoms with van der Waals surface area (Å²) in [6.07, 6.45) is 0. The molecule has 0 saturated carbocycles. The van der Waals surface area contributed by atoms with Gasteiger partial charge in [-0.15, -0.1) is 4.98 Å². The molecule has 94 valence electrons. The van der Waals surface area contributed by atoms with E-state index in [0.29, 0.717) is 15.8 Å². The van der Waals surface area contributed by atoms with Crippen molar-refractivity contribution in [2.75, 3.05) is 12.8 Å². The summed E-state index contributed by atoms with van der Waals surface area (Å²) in [5.41, 5.74) is 5.48. The zero-order valence-corrected chi connectivity index (χ0v) is 10.7. The summed E-state index contributed by atoms with van der Waals surface area (Å²) in [5.74, 6) is 0.298. The number of aromatic nitrogens is 3. The third-order valence-electron chi connectivity index (χ3n) is 1.89. The maximum atomic E-state index is 5.94. The molecule has 0 atom stereocenters. The first-order chi connectivity index (χ1) is 8.58. The van der Waals surface area contributed by atoms with Crippen molar-refractivity contribution < 1.29 is 9.47 Å². The van der Waals surface area contributed by atoms with Crippen LogP contribution in [0, 0.1) is 0 Å². The molecule has 1 aromatic heterocycles. The third kappa shape index (κ3) is 2.91. The average molecular weight is 287 g/mol. The van der Waals surface area contributed by atoms with Crippen LogP contribution < -0.4 is 15.2 Å². The minimum Gasteiger partial charge on any atom is -0.467 e. The van der Waals surface area contributed by atoms with E-state index in [0.717, 1.165) is 0 Å². The largest absolute Gasteiger partial charge is 0.467 e. The molecule has 0 unspecified atom stereocenters. The lowest BCUT2D eigenvalue weighted by molar-refractivity contribution is 0.360. The Morgan fingerprint density at radius 2 is 1.83 bits per heavy atom. The zero-order chi connectivity index (χ0) is 13.1. The maximum Gasteiger partial charge on any atom is 0.330 e. The molecule has 2 rings (SSSR count). The molecule has 0 bridgehead atoms. The SMILES string of the molecule is COc1nc(N)nc(Oc2cc(Cl)ccc2Cl)n1. The molecule has 1 heterocycles. The fraction of sp³-hybridized carbons (Fsp3) is 0.100. The van der Waals surface area contributed by atoms with Crippen LogP contribution in [0.3, 0.4) is 0 Å². The highest BCUT2D eigenvalue weighted by atomic mass is 35.5. The van der Waals surface area contributed by atoms with Crippen molar-refractivity contribution in [3.63, 3.8) is 0 Å². The minimum atomic E-state index is -0.0245. The van der Waals surface area contributed by atoms with Crippen molar-refractivity contribution in [1.82, 2.24) is 15.0 Å². The summed E-state index contributed by atoms with van der Waals surface area (Å²) in [6.45, 7) is 0. The Bertz CT molecular complexity index is 580. The Kier molecular flexibility index (Phi) is 3.69. The Morgan fingerprint density at radius 1 is 1.11 bits per heavy atom. The van der Waals surface area contributed by atoms with E-state index in [2.05, 4.69) is 15.0 Å². The fourth-order valence-corrected chi connectivity index (χ4v) is 1.46. The quantitative estimate of drug-likeness (QED) is 0.934. The van der Waals surface area contributed by atoms with Gasteiger partial charge in [0.2, 0.25) is 5.95 Å². The highest BCUT2D eigenvalue weighted by molar-refractivity contribution is 6.34. The molecule has 0 amide bonds. The summed E-state index contributed by atoms with van der Waals surface area (Å²) in [6, 6.07) is 4.80. The predicted octanol–water partition coefficient (Wildman–Crippen LogP) is 2.56. The lowest BCUT2D eigenvalue weighted by atomic mass is 10.3. The summed E-state index contributed by atoms with van der Waals surface area (Å²) in [5, 5.41) is 0.848. The first kappa shape index (κ1) is 12.7. The van der Waals surface area contributed by atoms with Gasteiger partial charge < -0.3 is 15.2 Å². The molecule has 2 aromatic rings. The van der Waals surface area contributed by atoms with E-state index >= 15 is 0 Å². The van der Waals surface area contributed by atoms with Gasteiger partial charge in [-0.3, -0.25) is 0 Å². The number of nitrogens with zero attached hydrogens (tertiary/aromatic N) is 3. The second-order valence-electron chi connectivity index (χ2n) is 3.14. The number of rotatable bonds is 3. The molecule has 2 N–H and O–H groups in total. The Labute approximate surface area is 113 Å². The van der Waals surface area contributed by atoms with Crippen LogP contribution in [0.25, 0.3) is 0 Å². The highest BCUT2D eigenvalue weighted by Crippen LogP contribution is 2.30. The molecule has 0 radical (unpaired) electrons. The summed E-state index contributed by atoms with van der Waals surface area (Å²) in [7, 11) is 1.41. The maximum absolute atomic E-state index is 5.94. The number of methoxy groups -OCH3 is 1. The number of hydrogen-bond donors (Lipinski definition) is 1. The van der Waals surface area contributed by atoms with E-state index in [-0.39, 0.29) is 18.0 Å². The normalized spacial score (nSPS) is 10.2. The predicted molar refractivity (Wildman–Crippen MR) is 67.3 cm³/mol. The molecule has 0 saturated heterocycles. The van der Waals surface area contributed by atoms with Gasteiger partial charge in [0.25, 0.3) is 0 Å². The molecule has 1 aromatic carbocycles. The fourth-order valence-electron chi connectivity index (χ4n) is 1.14. The van der Waals surface area contributed by atoms with Crippen LogP contribution in [0.1, 0.15) is 0 Å². The summed E-state index contributed by atoms with van der Waals surface area (Å²) < 4.78 is 10.2. The second-order valence-corrected chi connectivity index (χ2v) is 3.98. The van der Waals surface area contributed by atoms with E-state index in [9.17, 15) is 0 Å². The molecule has 0 aliphatic carbocycles. The van der Waals surface area contributed by atoms with Gasteiger partial charge in [-0.1, -0.05) is 23.2 Å². The van der Waals surface area contributed by atoms with Crippen molar-refractivity contribution in [2.24, 2.45) is 0 Å². The number of nitrogens with two attached hydrogens (primary N) is 1. The molecule has 6 nitrogen and oxygen atoms in total. The number of halogens is 2. The summed E-state index contributed by atoms with van der Waals surface area (Å²) in [4.78, 5) is 11.4. The van der Waals surface area contributed by atoms with Crippen LogP contribution in [-0.2, 0) is 0 Å². The van der Waals surface area contributed by atoms with E-state index in [1.165, 1.54) is 13.2 Å². The number of hydrogen-bond acceptors (Lipinski definition) is 6. The molecule has 0 aliphatic heterocycles. The van der Waals surface area contributed by atoms with Gasteiger partial charge in [-0.2, -0.15) is 9.97 Å². The van der Waals surface area contributed by atoms with Crippen molar-refractivity contribution >= 4 is 29.2 Å². The minimum absolute atomic E-state index is 0.0185. The van der Waals surface area contributed by atoms with Crippen LogP contribution in [0.15, 0.2) is 18.2 Å². The van der Waals surface area contributed by atoms with Crippen molar-refractivity contribution in [1.29, 1.82) is 0 Å².